The van der Waals surface area contributed by atoms with E-state index in [2.05, 4.69) is 26.5 Å². The van der Waals surface area contributed by atoms with E-state index in [0.717, 1.165) is 6.42 Å². The van der Waals surface area contributed by atoms with Crippen LogP contribution in [0.5, 0.6) is 0 Å². The number of hydrogen-bond donors (Lipinski definition) is 2. The summed E-state index contributed by atoms with van der Waals surface area (Å²) in [4.78, 5) is 11.2. The van der Waals surface area contributed by atoms with Crippen LogP contribution in [0.4, 0.5) is 0 Å². The van der Waals surface area contributed by atoms with Crippen LogP contribution in [0.1, 0.15) is 27.2 Å². The molecule has 0 radical (unpaired) electrons. The lowest BCUT2D eigenvalue weighted by Crippen LogP contribution is -2.36. The Labute approximate surface area is 85.4 Å². The Morgan fingerprint density at radius 3 is 2.38 bits per heavy atom. The van der Waals surface area contributed by atoms with Crippen molar-refractivity contribution in [1.82, 2.24) is 0 Å². The van der Waals surface area contributed by atoms with Crippen LogP contribution in [0.25, 0.3) is 0 Å². The lowest BCUT2D eigenvalue weighted by molar-refractivity contribution is -0.149. The quantitative estimate of drug-likeness (QED) is 0.524. The molecule has 0 aromatic rings. The summed E-state index contributed by atoms with van der Waals surface area (Å²) in [6.07, 6.45) is 0.809. The first-order valence-electron chi connectivity index (χ1n) is 4.54. The average molecular weight is 205 g/mol. The maximum Gasteiger partial charge on any atom is 0.324 e. The number of carbonyl (C=O) groups excluding carboxylic acids is 1. The second kappa shape index (κ2) is 6.27. The number of carbonyl (C=O) groups is 1. The zero-order valence-electron chi connectivity index (χ0n) is 8.49. The molecule has 0 heterocycles. The second-order valence-corrected chi connectivity index (χ2v) is 4.03. The third-order valence-electron chi connectivity index (χ3n) is 1.62. The van der Waals surface area contributed by atoms with Gasteiger partial charge in [0.05, 0.1) is 6.10 Å². The zero-order chi connectivity index (χ0) is 10.4. The molecule has 13 heavy (non-hydrogen) atoms. The van der Waals surface area contributed by atoms with Crippen molar-refractivity contribution in [2.24, 2.45) is 11.7 Å². The molecule has 0 aliphatic rings. The van der Waals surface area contributed by atoms with Gasteiger partial charge in [0, 0.05) is 5.75 Å². The lowest BCUT2D eigenvalue weighted by Gasteiger charge is -2.17. The number of ether oxygens (including phenoxy) is 1. The summed E-state index contributed by atoms with van der Waals surface area (Å²) in [7, 11) is 0. The molecule has 3 nitrogen and oxygen atoms in total. The van der Waals surface area contributed by atoms with E-state index >= 15 is 0 Å². The lowest BCUT2D eigenvalue weighted by atomic mass is 10.1. The minimum absolute atomic E-state index is 0.0570. The maximum atomic E-state index is 11.2. The Morgan fingerprint density at radius 1 is 1.46 bits per heavy atom. The predicted molar refractivity (Wildman–Crippen MR) is 56.8 cm³/mol. The van der Waals surface area contributed by atoms with Gasteiger partial charge >= 0.3 is 5.97 Å². The van der Waals surface area contributed by atoms with E-state index in [1.54, 1.807) is 0 Å². The van der Waals surface area contributed by atoms with Crippen molar-refractivity contribution in [2.45, 2.75) is 39.3 Å². The largest absolute Gasteiger partial charge is 0.461 e. The number of hydrogen-bond acceptors (Lipinski definition) is 4. The highest BCUT2D eigenvalue weighted by molar-refractivity contribution is 7.80. The summed E-state index contributed by atoms with van der Waals surface area (Å²) in [6, 6.07) is -0.599. The van der Waals surface area contributed by atoms with Gasteiger partial charge in [-0.15, -0.1) is 0 Å². The minimum Gasteiger partial charge on any atom is -0.461 e. The molecule has 0 amide bonds. The van der Waals surface area contributed by atoms with Crippen molar-refractivity contribution >= 4 is 18.6 Å². The molecular formula is C9H19NO2S. The van der Waals surface area contributed by atoms with Gasteiger partial charge in [0.25, 0.3) is 0 Å². The molecule has 0 rings (SSSR count). The molecule has 0 aromatic heterocycles. The molecule has 0 saturated carbocycles. The van der Waals surface area contributed by atoms with E-state index < -0.39 is 6.04 Å². The summed E-state index contributed by atoms with van der Waals surface area (Å²) in [5.74, 6) is 0.492. The second-order valence-electron chi connectivity index (χ2n) is 3.67. The molecule has 0 aliphatic carbocycles. The van der Waals surface area contributed by atoms with Gasteiger partial charge in [0.15, 0.2) is 0 Å². The Bertz CT molecular complexity index is 162. The summed E-state index contributed by atoms with van der Waals surface area (Å²) in [5, 5.41) is 0. The zero-order valence-corrected chi connectivity index (χ0v) is 9.38. The van der Waals surface area contributed by atoms with Gasteiger partial charge in [0.2, 0.25) is 0 Å². The monoisotopic (exact) mass is 205 g/mol. The highest BCUT2D eigenvalue weighted by Crippen LogP contribution is 2.08. The number of nitrogens with two attached hydrogens (primary N) is 1. The molecule has 0 aromatic carbocycles. The first kappa shape index (κ1) is 12.8. The van der Waals surface area contributed by atoms with Crippen LogP contribution in [0, 0.1) is 5.92 Å². The van der Waals surface area contributed by atoms with Crippen LogP contribution < -0.4 is 5.73 Å². The van der Waals surface area contributed by atoms with Crippen molar-refractivity contribution in [2.75, 3.05) is 5.75 Å². The molecule has 2 N–H and O–H groups in total. The Hall–Kier alpha value is -0.220. The van der Waals surface area contributed by atoms with Gasteiger partial charge in [0.1, 0.15) is 6.04 Å². The van der Waals surface area contributed by atoms with Crippen LogP contribution in [0.3, 0.4) is 0 Å². The minimum atomic E-state index is -0.599. The number of thiol groups is 1. The van der Waals surface area contributed by atoms with Crippen LogP contribution in [0.2, 0.25) is 0 Å². The first-order chi connectivity index (χ1) is 5.97. The fraction of sp³-hybridized carbons (Fsp3) is 0.889. The van der Waals surface area contributed by atoms with Crippen molar-refractivity contribution < 1.29 is 9.53 Å². The Balaban J connectivity index is 3.77. The standard InChI is InChI=1S/C9H19NO2S/c1-6(2)4-7(3)12-9(11)8(10)5-13/h6-8,13H,4-5,10H2,1-3H3/t7?,8-/m1/s1. The van der Waals surface area contributed by atoms with Crippen molar-refractivity contribution in [1.29, 1.82) is 0 Å². The molecule has 4 heteroatoms. The highest BCUT2D eigenvalue weighted by atomic mass is 32.1. The van der Waals surface area contributed by atoms with Crippen molar-refractivity contribution in [3.05, 3.63) is 0 Å². The molecule has 78 valence electrons. The number of esters is 1. The third kappa shape index (κ3) is 5.93. The highest BCUT2D eigenvalue weighted by Gasteiger charge is 2.16. The average Bonchev–Trinajstić information content (AvgIpc) is 2.01. The molecule has 0 fully saturated rings. The van der Waals surface area contributed by atoms with Crippen LogP contribution in [-0.2, 0) is 9.53 Å². The summed E-state index contributed by atoms with van der Waals surface area (Å²) < 4.78 is 5.10. The van der Waals surface area contributed by atoms with Crippen molar-refractivity contribution in [3.8, 4) is 0 Å². The van der Waals surface area contributed by atoms with Gasteiger partial charge in [-0.25, -0.2) is 0 Å². The summed E-state index contributed by atoms with van der Waals surface area (Å²) in [5.41, 5.74) is 5.44. The molecule has 2 atom stereocenters. The van der Waals surface area contributed by atoms with Gasteiger partial charge < -0.3 is 10.5 Å². The Kier molecular flexibility index (Phi) is 6.16. The fourth-order valence-corrected chi connectivity index (χ4v) is 1.22. The Morgan fingerprint density at radius 2 is 2.00 bits per heavy atom. The predicted octanol–water partition coefficient (Wildman–Crippen LogP) is 1.22. The van der Waals surface area contributed by atoms with Crippen LogP contribution >= 0.6 is 12.6 Å². The van der Waals surface area contributed by atoms with Crippen molar-refractivity contribution in [3.63, 3.8) is 0 Å². The smallest absolute Gasteiger partial charge is 0.324 e. The molecule has 0 aliphatic heterocycles. The van der Waals surface area contributed by atoms with Gasteiger partial charge in [-0.2, -0.15) is 12.6 Å². The normalized spacial score (nSPS) is 15.5. The van der Waals surface area contributed by atoms with E-state index in [0.29, 0.717) is 11.7 Å². The van der Waals surface area contributed by atoms with E-state index in [1.807, 2.05) is 6.92 Å². The molecule has 0 bridgehead atoms. The molecular weight excluding hydrogens is 186 g/mol. The van der Waals surface area contributed by atoms with E-state index in [-0.39, 0.29) is 12.1 Å². The summed E-state index contributed by atoms with van der Waals surface area (Å²) in [6.45, 7) is 6.05. The SMILES string of the molecule is CC(C)CC(C)OC(=O)[C@H](N)CS. The topological polar surface area (TPSA) is 52.3 Å². The number of rotatable bonds is 5. The van der Waals surface area contributed by atoms with Gasteiger partial charge in [-0.3, -0.25) is 4.79 Å². The van der Waals surface area contributed by atoms with Crippen LogP contribution in [0.15, 0.2) is 0 Å². The molecule has 1 unspecified atom stereocenters. The third-order valence-corrected chi connectivity index (χ3v) is 2.01. The van der Waals surface area contributed by atoms with E-state index in [9.17, 15) is 4.79 Å². The fourth-order valence-electron chi connectivity index (χ4n) is 1.07. The maximum absolute atomic E-state index is 11.2. The van der Waals surface area contributed by atoms with Gasteiger partial charge in [-0.05, 0) is 19.3 Å². The van der Waals surface area contributed by atoms with E-state index in [1.165, 1.54) is 0 Å². The summed E-state index contributed by atoms with van der Waals surface area (Å²) >= 11 is 3.92. The molecule has 0 spiro atoms. The van der Waals surface area contributed by atoms with Gasteiger partial charge in [-0.1, -0.05) is 13.8 Å². The first-order valence-corrected chi connectivity index (χ1v) is 5.17. The molecule has 0 saturated heterocycles. The van der Waals surface area contributed by atoms with E-state index in [4.69, 9.17) is 10.5 Å². The van der Waals surface area contributed by atoms with Crippen LogP contribution in [-0.4, -0.2) is 23.9 Å².